The zero-order valence-electron chi connectivity index (χ0n) is 9.72. The molecule has 0 spiro atoms. The van der Waals surface area contributed by atoms with Gasteiger partial charge in [0, 0.05) is 17.5 Å². The fourth-order valence-electron chi connectivity index (χ4n) is 1.17. The maximum absolute atomic E-state index is 13.2. The molecular weight excluding hydrogens is 238 g/mol. The standard InChI is InChI=1S/C12H16FN2OP/c1-8(2)5-6-14-12(16)15-9-3-4-11(17)10(13)7-9/h3-4,7H,1,5-6,17H2,2H3,(H2,14,15,16). The van der Waals surface area contributed by atoms with Crippen molar-refractivity contribution in [2.75, 3.05) is 11.9 Å². The average molecular weight is 254 g/mol. The average Bonchev–Trinajstić information content (AvgIpc) is 2.23. The third kappa shape index (κ3) is 4.96. The third-order valence-corrected chi connectivity index (χ3v) is 2.56. The van der Waals surface area contributed by atoms with Crippen LogP contribution in [-0.4, -0.2) is 12.6 Å². The number of nitrogens with one attached hydrogen (secondary N) is 2. The van der Waals surface area contributed by atoms with E-state index in [9.17, 15) is 9.18 Å². The number of urea groups is 1. The molecule has 0 aliphatic carbocycles. The molecule has 0 aliphatic rings. The van der Waals surface area contributed by atoms with Gasteiger partial charge in [-0.25, -0.2) is 9.18 Å². The Balaban J connectivity index is 2.45. The van der Waals surface area contributed by atoms with Crippen LogP contribution in [0, 0.1) is 5.82 Å². The summed E-state index contributed by atoms with van der Waals surface area (Å²) in [6.45, 7) is 6.15. The fourth-order valence-corrected chi connectivity index (χ4v) is 1.35. The van der Waals surface area contributed by atoms with Crippen LogP contribution in [0.5, 0.6) is 0 Å². The molecule has 3 nitrogen and oxygen atoms in total. The topological polar surface area (TPSA) is 41.1 Å². The smallest absolute Gasteiger partial charge is 0.319 e. The second kappa shape index (κ2) is 6.36. The van der Waals surface area contributed by atoms with Crippen molar-refractivity contribution in [1.82, 2.24) is 5.32 Å². The van der Waals surface area contributed by atoms with Crippen LogP contribution >= 0.6 is 9.24 Å². The SMILES string of the molecule is C=C(C)CCNC(=O)Nc1ccc(P)c(F)c1. The molecule has 0 heterocycles. The van der Waals surface area contributed by atoms with E-state index in [1.54, 1.807) is 12.1 Å². The second-order valence-corrected chi connectivity index (χ2v) is 4.45. The first-order chi connectivity index (χ1) is 7.99. The summed E-state index contributed by atoms with van der Waals surface area (Å²) in [6.07, 6.45) is 0.728. The molecule has 1 unspecified atom stereocenters. The predicted molar refractivity (Wildman–Crippen MR) is 72.2 cm³/mol. The van der Waals surface area contributed by atoms with E-state index in [0.29, 0.717) is 17.5 Å². The highest BCUT2D eigenvalue weighted by atomic mass is 31.0. The number of hydrogen-bond acceptors (Lipinski definition) is 1. The first kappa shape index (κ1) is 13.7. The molecule has 0 aromatic heterocycles. The van der Waals surface area contributed by atoms with Gasteiger partial charge in [0.15, 0.2) is 0 Å². The Morgan fingerprint density at radius 3 is 2.82 bits per heavy atom. The molecule has 92 valence electrons. The van der Waals surface area contributed by atoms with Crippen LogP contribution in [0.15, 0.2) is 30.4 Å². The monoisotopic (exact) mass is 254 g/mol. The minimum atomic E-state index is -0.366. The Kier molecular flexibility index (Phi) is 5.11. The van der Waals surface area contributed by atoms with Crippen molar-refractivity contribution in [3.05, 3.63) is 36.2 Å². The lowest BCUT2D eigenvalue weighted by atomic mass is 10.2. The normalized spacial score (nSPS) is 9.82. The lowest BCUT2D eigenvalue weighted by Gasteiger charge is -2.08. The molecule has 0 radical (unpaired) electrons. The van der Waals surface area contributed by atoms with Crippen LogP contribution in [-0.2, 0) is 0 Å². The lowest BCUT2D eigenvalue weighted by molar-refractivity contribution is 0.252. The number of amides is 2. The fraction of sp³-hybridized carbons (Fsp3) is 0.250. The molecule has 0 fully saturated rings. The molecule has 2 amide bonds. The zero-order valence-corrected chi connectivity index (χ0v) is 10.9. The van der Waals surface area contributed by atoms with E-state index in [0.717, 1.165) is 12.0 Å². The summed E-state index contributed by atoms with van der Waals surface area (Å²) in [5.41, 5.74) is 1.44. The number of benzene rings is 1. The van der Waals surface area contributed by atoms with E-state index in [1.807, 2.05) is 6.92 Å². The van der Waals surface area contributed by atoms with Crippen LogP contribution in [0.25, 0.3) is 0 Å². The molecule has 5 heteroatoms. The largest absolute Gasteiger partial charge is 0.338 e. The number of carbonyl (C=O) groups excluding carboxylic acids is 1. The molecule has 0 bridgehead atoms. The number of rotatable bonds is 4. The van der Waals surface area contributed by atoms with Gasteiger partial charge in [0.1, 0.15) is 5.82 Å². The Morgan fingerprint density at radius 2 is 2.24 bits per heavy atom. The summed E-state index contributed by atoms with van der Waals surface area (Å²) in [4.78, 5) is 11.4. The minimum absolute atomic E-state index is 0.345. The van der Waals surface area contributed by atoms with Crippen molar-refractivity contribution in [1.29, 1.82) is 0 Å². The van der Waals surface area contributed by atoms with Crippen molar-refractivity contribution in [2.24, 2.45) is 0 Å². The second-order valence-electron chi connectivity index (χ2n) is 3.82. The van der Waals surface area contributed by atoms with E-state index in [1.165, 1.54) is 6.07 Å². The summed E-state index contributed by atoms with van der Waals surface area (Å²) < 4.78 is 13.2. The van der Waals surface area contributed by atoms with Gasteiger partial charge in [-0.15, -0.1) is 15.8 Å². The molecule has 0 saturated heterocycles. The molecule has 1 rings (SSSR count). The number of anilines is 1. The Labute approximate surface area is 103 Å². The summed E-state index contributed by atoms with van der Waals surface area (Å²) >= 11 is 0. The molecular formula is C12H16FN2OP. The maximum atomic E-state index is 13.2. The quantitative estimate of drug-likeness (QED) is 0.628. The van der Waals surface area contributed by atoms with E-state index >= 15 is 0 Å². The Hall–Kier alpha value is -1.41. The van der Waals surface area contributed by atoms with Crippen molar-refractivity contribution in [2.45, 2.75) is 13.3 Å². The number of carbonyl (C=O) groups is 1. The molecule has 1 aromatic rings. The summed E-state index contributed by atoms with van der Waals surface area (Å²) in [5.74, 6) is -0.366. The molecule has 2 N–H and O–H groups in total. The summed E-state index contributed by atoms with van der Waals surface area (Å²) in [7, 11) is 2.28. The van der Waals surface area contributed by atoms with Gasteiger partial charge >= 0.3 is 6.03 Å². The van der Waals surface area contributed by atoms with Gasteiger partial charge in [-0.05, 0) is 25.5 Å². The predicted octanol–water partition coefficient (Wildman–Crippen LogP) is 2.41. The Bertz CT molecular complexity index is 435. The lowest BCUT2D eigenvalue weighted by Crippen LogP contribution is -2.29. The highest BCUT2D eigenvalue weighted by Crippen LogP contribution is 2.09. The van der Waals surface area contributed by atoms with Gasteiger partial charge < -0.3 is 10.6 Å². The zero-order chi connectivity index (χ0) is 12.8. The van der Waals surface area contributed by atoms with Crippen LogP contribution in [0.2, 0.25) is 0 Å². The first-order valence-electron chi connectivity index (χ1n) is 5.23. The van der Waals surface area contributed by atoms with Gasteiger partial charge in [-0.3, -0.25) is 0 Å². The Morgan fingerprint density at radius 1 is 1.53 bits per heavy atom. The van der Waals surface area contributed by atoms with Gasteiger partial charge in [-0.1, -0.05) is 11.6 Å². The minimum Gasteiger partial charge on any atom is -0.338 e. The molecule has 17 heavy (non-hydrogen) atoms. The van der Waals surface area contributed by atoms with Crippen LogP contribution in [0.4, 0.5) is 14.9 Å². The van der Waals surface area contributed by atoms with Gasteiger partial charge in [0.2, 0.25) is 0 Å². The van der Waals surface area contributed by atoms with E-state index in [2.05, 4.69) is 26.5 Å². The molecule has 1 aromatic carbocycles. The first-order valence-corrected chi connectivity index (χ1v) is 5.81. The van der Waals surface area contributed by atoms with Gasteiger partial charge in [0.25, 0.3) is 0 Å². The van der Waals surface area contributed by atoms with Crippen LogP contribution in [0.3, 0.4) is 0 Å². The third-order valence-electron chi connectivity index (χ3n) is 2.10. The van der Waals surface area contributed by atoms with Gasteiger partial charge in [-0.2, -0.15) is 0 Å². The van der Waals surface area contributed by atoms with Crippen molar-refractivity contribution >= 4 is 26.3 Å². The van der Waals surface area contributed by atoms with Crippen LogP contribution in [0.1, 0.15) is 13.3 Å². The van der Waals surface area contributed by atoms with Crippen molar-refractivity contribution in [3.8, 4) is 0 Å². The number of halogens is 1. The molecule has 0 saturated carbocycles. The van der Waals surface area contributed by atoms with E-state index in [4.69, 9.17) is 0 Å². The van der Waals surface area contributed by atoms with Crippen LogP contribution < -0.4 is 15.9 Å². The summed E-state index contributed by atoms with van der Waals surface area (Å²) in [6, 6.07) is 4.16. The molecule has 1 atom stereocenters. The molecule has 0 aliphatic heterocycles. The van der Waals surface area contributed by atoms with Gasteiger partial charge in [0.05, 0.1) is 0 Å². The van der Waals surface area contributed by atoms with E-state index < -0.39 is 0 Å². The van der Waals surface area contributed by atoms with E-state index in [-0.39, 0.29) is 11.8 Å². The van der Waals surface area contributed by atoms with Crippen molar-refractivity contribution < 1.29 is 9.18 Å². The highest BCUT2D eigenvalue weighted by molar-refractivity contribution is 7.27. The summed E-state index contributed by atoms with van der Waals surface area (Å²) in [5, 5.41) is 5.68. The number of hydrogen-bond donors (Lipinski definition) is 2. The highest BCUT2D eigenvalue weighted by Gasteiger charge is 2.03. The van der Waals surface area contributed by atoms with Crippen molar-refractivity contribution in [3.63, 3.8) is 0 Å². The maximum Gasteiger partial charge on any atom is 0.319 e.